The first kappa shape index (κ1) is 23.3. The zero-order chi connectivity index (χ0) is 22.1. The predicted molar refractivity (Wildman–Crippen MR) is 108 cm³/mol. The maximum Gasteiger partial charge on any atom is 0.258 e. The molecule has 0 aliphatic heterocycles. The van der Waals surface area contributed by atoms with Crippen molar-refractivity contribution >= 4 is 23.4 Å². The molecule has 160 valence electrons. The van der Waals surface area contributed by atoms with Crippen LogP contribution in [0.25, 0.3) is 0 Å². The molecular weight excluding hydrogens is 418 g/mol. The quantitative estimate of drug-likeness (QED) is 0.498. The minimum atomic E-state index is -1.02. The van der Waals surface area contributed by atoms with E-state index in [4.69, 9.17) is 16.3 Å². The van der Waals surface area contributed by atoms with Crippen molar-refractivity contribution in [3.8, 4) is 5.75 Å². The third-order valence-corrected chi connectivity index (χ3v) is 4.40. The minimum Gasteiger partial charge on any atom is -0.484 e. The standard InChI is InChI=1S/C21H21ClF2N2O4/c1-2-18(26-20(28)12-30-15-7-8-16(22)17(24)11-15)19(27)9-10-25-21(29)13-3-5-14(23)6-4-13/h2-8,11,18-19,27H,1,9-10,12H2,(H,25,29)(H,26,28). The largest absolute Gasteiger partial charge is 0.484 e. The first-order valence-electron chi connectivity index (χ1n) is 9.01. The van der Waals surface area contributed by atoms with Crippen molar-refractivity contribution in [2.45, 2.75) is 18.6 Å². The van der Waals surface area contributed by atoms with Gasteiger partial charge in [0.05, 0.1) is 17.2 Å². The summed E-state index contributed by atoms with van der Waals surface area (Å²) in [5, 5.41) is 15.3. The monoisotopic (exact) mass is 438 g/mol. The number of carbonyl (C=O) groups excluding carboxylic acids is 2. The smallest absolute Gasteiger partial charge is 0.258 e. The summed E-state index contributed by atoms with van der Waals surface area (Å²) in [6.45, 7) is 3.29. The molecule has 0 bridgehead atoms. The molecule has 0 saturated carbocycles. The van der Waals surface area contributed by atoms with Crippen molar-refractivity contribution in [1.82, 2.24) is 10.6 Å². The molecule has 0 saturated heterocycles. The molecule has 3 N–H and O–H groups in total. The highest BCUT2D eigenvalue weighted by Crippen LogP contribution is 2.20. The highest BCUT2D eigenvalue weighted by atomic mass is 35.5. The number of hydrogen-bond donors (Lipinski definition) is 3. The first-order valence-corrected chi connectivity index (χ1v) is 9.39. The highest BCUT2D eigenvalue weighted by Gasteiger charge is 2.19. The van der Waals surface area contributed by atoms with Gasteiger partial charge in [0, 0.05) is 18.2 Å². The lowest BCUT2D eigenvalue weighted by Gasteiger charge is -2.21. The van der Waals surface area contributed by atoms with Crippen LogP contribution in [0, 0.1) is 11.6 Å². The first-order chi connectivity index (χ1) is 14.3. The van der Waals surface area contributed by atoms with E-state index in [2.05, 4.69) is 17.2 Å². The summed E-state index contributed by atoms with van der Waals surface area (Å²) in [6.07, 6.45) is 0.465. The summed E-state index contributed by atoms with van der Waals surface area (Å²) < 4.78 is 31.4. The average molecular weight is 439 g/mol. The molecule has 0 radical (unpaired) electrons. The van der Waals surface area contributed by atoms with E-state index in [1.165, 1.54) is 42.5 Å². The fraction of sp³-hybridized carbons (Fsp3) is 0.238. The second kappa shape index (κ2) is 11.3. The van der Waals surface area contributed by atoms with Gasteiger partial charge in [0.2, 0.25) is 0 Å². The maximum absolute atomic E-state index is 13.4. The number of aliphatic hydroxyl groups is 1. The van der Waals surface area contributed by atoms with E-state index in [-0.39, 0.29) is 29.3 Å². The van der Waals surface area contributed by atoms with E-state index >= 15 is 0 Å². The number of nitrogens with one attached hydrogen (secondary N) is 2. The van der Waals surface area contributed by atoms with Gasteiger partial charge >= 0.3 is 0 Å². The zero-order valence-electron chi connectivity index (χ0n) is 15.9. The third kappa shape index (κ3) is 7.13. The van der Waals surface area contributed by atoms with Gasteiger partial charge in [-0.1, -0.05) is 17.7 Å². The Labute approximate surface area is 177 Å². The van der Waals surface area contributed by atoms with Gasteiger partial charge in [0.15, 0.2) is 6.61 Å². The van der Waals surface area contributed by atoms with Crippen molar-refractivity contribution in [2.24, 2.45) is 0 Å². The molecule has 9 heteroatoms. The van der Waals surface area contributed by atoms with Crippen LogP contribution >= 0.6 is 11.6 Å². The molecule has 6 nitrogen and oxygen atoms in total. The van der Waals surface area contributed by atoms with E-state index in [0.29, 0.717) is 0 Å². The second-order valence-electron chi connectivity index (χ2n) is 6.31. The van der Waals surface area contributed by atoms with Gasteiger partial charge in [-0.15, -0.1) is 6.58 Å². The van der Waals surface area contributed by atoms with E-state index in [0.717, 1.165) is 6.07 Å². The zero-order valence-corrected chi connectivity index (χ0v) is 16.7. The molecule has 2 amide bonds. The maximum atomic E-state index is 13.4. The summed E-state index contributed by atoms with van der Waals surface area (Å²) in [6, 6.07) is 8.04. The second-order valence-corrected chi connectivity index (χ2v) is 6.72. The molecule has 2 atom stereocenters. The Morgan fingerprint density at radius 1 is 1.20 bits per heavy atom. The molecule has 2 aromatic rings. The van der Waals surface area contributed by atoms with Gasteiger partial charge < -0.3 is 20.5 Å². The lowest BCUT2D eigenvalue weighted by molar-refractivity contribution is -0.124. The van der Waals surface area contributed by atoms with Crippen molar-refractivity contribution in [1.29, 1.82) is 0 Å². The molecule has 0 heterocycles. The van der Waals surface area contributed by atoms with E-state index in [1.54, 1.807) is 0 Å². The van der Waals surface area contributed by atoms with Crippen LogP contribution in [0.4, 0.5) is 8.78 Å². The van der Waals surface area contributed by atoms with Gasteiger partial charge in [-0.2, -0.15) is 0 Å². The topological polar surface area (TPSA) is 87.7 Å². The van der Waals surface area contributed by atoms with Gasteiger partial charge in [0.25, 0.3) is 11.8 Å². The van der Waals surface area contributed by atoms with E-state index in [1.807, 2.05) is 0 Å². The average Bonchev–Trinajstić information content (AvgIpc) is 2.73. The lowest BCUT2D eigenvalue weighted by atomic mass is 10.1. The molecule has 2 rings (SSSR count). The fourth-order valence-electron chi connectivity index (χ4n) is 2.47. The summed E-state index contributed by atoms with van der Waals surface area (Å²) in [5.74, 6) is -1.95. The molecular formula is C21H21ClF2N2O4. The molecule has 0 fully saturated rings. The number of ether oxygens (including phenoxy) is 1. The Morgan fingerprint density at radius 2 is 1.90 bits per heavy atom. The predicted octanol–water partition coefficient (Wildman–Crippen LogP) is 2.85. The van der Waals surface area contributed by atoms with Crippen LogP contribution in [0.15, 0.2) is 55.1 Å². The number of amides is 2. The van der Waals surface area contributed by atoms with Crippen molar-refractivity contribution in [3.05, 3.63) is 77.3 Å². The Hall–Kier alpha value is -2.97. The van der Waals surface area contributed by atoms with Crippen LogP contribution < -0.4 is 15.4 Å². The van der Waals surface area contributed by atoms with Crippen molar-refractivity contribution in [3.63, 3.8) is 0 Å². The Morgan fingerprint density at radius 3 is 2.53 bits per heavy atom. The van der Waals surface area contributed by atoms with E-state index < -0.39 is 42.2 Å². The van der Waals surface area contributed by atoms with Gasteiger partial charge in [-0.25, -0.2) is 8.78 Å². The number of benzene rings is 2. The van der Waals surface area contributed by atoms with Gasteiger partial charge in [-0.05, 0) is 42.8 Å². The Kier molecular flexibility index (Phi) is 8.76. The molecule has 0 aliphatic rings. The van der Waals surface area contributed by atoms with Gasteiger partial charge in [-0.3, -0.25) is 9.59 Å². The van der Waals surface area contributed by atoms with Crippen molar-refractivity contribution < 1.29 is 28.2 Å². The molecule has 2 unspecified atom stereocenters. The SMILES string of the molecule is C=CC(NC(=O)COc1ccc(Cl)c(F)c1)C(O)CCNC(=O)c1ccc(F)cc1. The third-order valence-electron chi connectivity index (χ3n) is 4.09. The number of carbonyl (C=O) groups is 2. The van der Waals surface area contributed by atoms with Gasteiger partial charge in [0.1, 0.15) is 17.4 Å². The van der Waals surface area contributed by atoms with Crippen LogP contribution in [0.2, 0.25) is 5.02 Å². The highest BCUT2D eigenvalue weighted by molar-refractivity contribution is 6.30. The minimum absolute atomic E-state index is 0.0619. The Balaban J connectivity index is 1.76. The van der Waals surface area contributed by atoms with Crippen LogP contribution in [0.5, 0.6) is 5.75 Å². The molecule has 2 aromatic carbocycles. The van der Waals surface area contributed by atoms with E-state index in [9.17, 15) is 23.5 Å². The molecule has 0 aromatic heterocycles. The van der Waals surface area contributed by atoms with Crippen molar-refractivity contribution in [2.75, 3.05) is 13.2 Å². The fourth-order valence-corrected chi connectivity index (χ4v) is 2.59. The summed E-state index contributed by atoms with van der Waals surface area (Å²) in [5.41, 5.74) is 0.287. The number of hydrogen-bond acceptors (Lipinski definition) is 4. The number of rotatable bonds is 10. The summed E-state index contributed by atoms with van der Waals surface area (Å²) >= 11 is 5.58. The van der Waals surface area contributed by atoms with Crippen LogP contribution in [0.3, 0.4) is 0 Å². The molecule has 30 heavy (non-hydrogen) atoms. The van der Waals surface area contributed by atoms with Crippen LogP contribution in [-0.4, -0.2) is 42.2 Å². The Bertz CT molecular complexity index is 893. The summed E-state index contributed by atoms with van der Waals surface area (Å²) in [7, 11) is 0. The lowest BCUT2D eigenvalue weighted by Crippen LogP contribution is -2.45. The number of halogens is 3. The summed E-state index contributed by atoms with van der Waals surface area (Å²) in [4.78, 5) is 24.0. The normalized spacial score (nSPS) is 12.5. The molecule has 0 spiro atoms. The molecule has 0 aliphatic carbocycles. The van der Waals surface area contributed by atoms with Crippen LogP contribution in [0.1, 0.15) is 16.8 Å². The number of aliphatic hydroxyl groups excluding tert-OH is 1. The van der Waals surface area contributed by atoms with Crippen LogP contribution in [-0.2, 0) is 4.79 Å².